The molecule has 0 spiro atoms. The monoisotopic (exact) mass is 447 g/mol. The summed E-state index contributed by atoms with van der Waals surface area (Å²) < 4.78 is 61.4. The summed E-state index contributed by atoms with van der Waals surface area (Å²) in [5, 5.41) is 0. The third-order valence-electron chi connectivity index (χ3n) is 4.57. The fourth-order valence-electron chi connectivity index (χ4n) is 3.21. The van der Waals surface area contributed by atoms with E-state index in [1.807, 2.05) is 0 Å². The number of primary amides is 2. The molecule has 4 N–H and O–H groups in total. The van der Waals surface area contributed by atoms with E-state index < -0.39 is 41.1 Å². The van der Waals surface area contributed by atoms with Crippen LogP contribution in [0, 0.1) is 23.3 Å². The van der Waals surface area contributed by atoms with Crippen molar-refractivity contribution in [2.45, 2.75) is 6.42 Å². The van der Waals surface area contributed by atoms with Crippen molar-refractivity contribution in [3.05, 3.63) is 83.4 Å². The predicted octanol–water partition coefficient (Wildman–Crippen LogP) is 4.76. The summed E-state index contributed by atoms with van der Waals surface area (Å²) in [6.45, 7) is -0.147. The average Bonchev–Trinajstić information content (AvgIpc) is 2.71. The molecule has 0 saturated carbocycles. The molecule has 0 aromatic heterocycles. The Bertz CT molecular complexity index is 1170. The van der Waals surface area contributed by atoms with Gasteiger partial charge in [-0.1, -0.05) is 12.1 Å². The summed E-state index contributed by atoms with van der Waals surface area (Å²) in [6, 6.07) is 8.72. The topological polar surface area (TPSA) is 98.7 Å². The number of nitrogens with two attached hydrogens (primary N) is 2. The molecule has 3 aromatic carbocycles. The highest BCUT2D eigenvalue weighted by atomic mass is 19.1. The van der Waals surface area contributed by atoms with Crippen molar-refractivity contribution in [3.8, 4) is 11.1 Å². The molecule has 0 atom stereocenters. The number of carbonyl (C=O) groups is 2. The highest BCUT2D eigenvalue weighted by Gasteiger charge is 2.24. The van der Waals surface area contributed by atoms with Gasteiger partial charge in [-0.25, -0.2) is 27.2 Å². The first kappa shape index (κ1) is 22.6. The lowest BCUT2D eigenvalue weighted by atomic mass is 9.96. The number of nitrogens with zero attached hydrogens (tertiary/aromatic N) is 1. The Hall–Kier alpha value is -4.08. The minimum atomic E-state index is -1.19. The zero-order valence-electron chi connectivity index (χ0n) is 16.4. The molecule has 3 rings (SSSR count). The van der Waals surface area contributed by atoms with Gasteiger partial charge in [0.2, 0.25) is 0 Å². The molecule has 0 aliphatic rings. The van der Waals surface area contributed by atoms with Crippen molar-refractivity contribution in [1.29, 1.82) is 0 Å². The van der Waals surface area contributed by atoms with Crippen LogP contribution in [0.4, 0.5) is 38.5 Å². The number of hydrogen-bond acceptors (Lipinski definition) is 3. The number of hydrogen-bond donors (Lipinski definition) is 2. The Morgan fingerprint density at radius 2 is 1.53 bits per heavy atom. The number of rotatable bonds is 6. The Kier molecular flexibility index (Phi) is 6.62. The van der Waals surface area contributed by atoms with E-state index in [1.54, 1.807) is 0 Å². The Balaban J connectivity index is 2.16. The molecule has 3 aromatic rings. The van der Waals surface area contributed by atoms with E-state index in [0.717, 1.165) is 24.3 Å². The van der Waals surface area contributed by atoms with Gasteiger partial charge in [-0.15, -0.1) is 0 Å². The van der Waals surface area contributed by atoms with Gasteiger partial charge in [0.05, 0.1) is 12.3 Å². The number of urea groups is 1. The molecule has 166 valence electrons. The van der Waals surface area contributed by atoms with Crippen LogP contribution in [0.25, 0.3) is 11.1 Å². The minimum Gasteiger partial charge on any atom is -0.449 e. The van der Waals surface area contributed by atoms with Crippen LogP contribution in [0.2, 0.25) is 0 Å². The van der Waals surface area contributed by atoms with Crippen molar-refractivity contribution in [2.75, 3.05) is 11.5 Å². The Labute approximate surface area is 180 Å². The van der Waals surface area contributed by atoms with Crippen molar-refractivity contribution in [2.24, 2.45) is 11.5 Å². The summed E-state index contributed by atoms with van der Waals surface area (Å²) in [5.41, 5.74) is 10.1. The second kappa shape index (κ2) is 9.38. The van der Waals surface area contributed by atoms with Gasteiger partial charge in [-0.3, -0.25) is 4.90 Å². The molecular weight excluding hydrogens is 430 g/mol. The molecule has 6 nitrogen and oxygen atoms in total. The number of benzene rings is 3. The molecule has 0 aliphatic carbocycles. The quantitative estimate of drug-likeness (QED) is 0.533. The normalized spacial score (nSPS) is 10.6. The first-order valence-corrected chi connectivity index (χ1v) is 9.23. The molecule has 0 bridgehead atoms. The molecule has 3 amide bonds. The van der Waals surface area contributed by atoms with E-state index in [1.165, 1.54) is 24.3 Å². The van der Waals surface area contributed by atoms with Crippen molar-refractivity contribution in [3.63, 3.8) is 0 Å². The SMILES string of the molecule is NC(=O)OCCc1ccc(N(C(N)=O)c2c(F)cccc2F)cc1-c1ccc(F)cc1F. The number of ether oxygens (including phenoxy) is 1. The fourth-order valence-corrected chi connectivity index (χ4v) is 3.21. The molecule has 10 heteroatoms. The van der Waals surface area contributed by atoms with E-state index in [-0.39, 0.29) is 29.8 Å². The van der Waals surface area contributed by atoms with Gasteiger partial charge < -0.3 is 16.2 Å². The summed E-state index contributed by atoms with van der Waals surface area (Å²) >= 11 is 0. The number of amides is 3. The van der Waals surface area contributed by atoms with E-state index in [0.29, 0.717) is 16.5 Å². The van der Waals surface area contributed by atoms with Gasteiger partial charge in [0.15, 0.2) is 0 Å². The van der Waals surface area contributed by atoms with Crippen LogP contribution in [0.1, 0.15) is 5.56 Å². The summed E-state index contributed by atoms with van der Waals surface area (Å²) in [5.74, 6) is -3.82. The van der Waals surface area contributed by atoms with Crippen LogP contribution in [-0.4, -0.2) is 18.7 Å². The zero-order chi connectivity index (χ0) is 23.4. The standard InChI is InChI=1S/C22H17F4N3O3/c23-13-5-7-15(19(26)10-13)16-11-14(6-4-12(16)8-9-32-22(28)31)29(21(27)30)20-17(24)2-1-3-18(20)25/h1-7,10-11H,8-9H2,(H2,27,30)(H2,28,31). The summed E-state index contributed by atoms with van der Waals surface area (Å²) in [6.07, 6.45) is -0.925. The first-order chi connectivity index (χ1) is 15.2. The van der Waals surface area contributed by atoms with E-state index in [2.05, 4.69) is 0 Å². The first-order valence-electron chi connectivity index (χ1n) is 9.23. The molecule has 32 heavy (non-hydrogen) atoms. The summed E-state index contributed by atoms with van der Waals surface area (Å²) in [7, 11) is 0. The van der Waals surface area contributed by atoms with Gasteiger partial charge in [0.1, 0.15) is 29.0 Å². The fraction of sp³-hybridized carbons (Fsp3) is 0.0909. The minimum absolute atomic E-state index is 0.0549. The maximum absolute atomic E-state index is 14.5. The highest BCUT2D eigenvalue weighted by Crippen LogP contribution is 2.36. The lowest BCUT2D eigenvalue weighted by Gasteiger charge is -2.23. The van der Waals surface area contributed by atoms with Gasteiger partial charge in [-0.2, -0.15) is 0 Å². The molecule has 0 unspecified atom stereocenters. The van der Waals surface area contributed by atoms with E-state index in [9.17, 15) is 27.2 Å². The second-order valence-corrected chi connectivity index (χ2v) is 6.63. The van der Waals surface area contributed by atoms with Gasteiger partial charge in [0, 0.05) is 18.1 Å². The van der Waals surface area contributed by atoms with Crippen LogP contribution in [0.5, 0.6) is 0 Å². The molecule has 0 fully saturated rings. The second-order valence-electron chi connectivity index (χ2n) is 6.63. The highest BCUT2D eigenvalue weighted by molar-refractivity contribution is 5.99. The van der Waals surface area contributed by atoms with Crippen molar-refractivity contribution in [1.82, 2.24) is 0 Å². The smallest absolute Gasteiger partial charge is 0.404 e. The number of para-hydroxylation sites is 1. The number of halogens is 4. The van der Waals surface area contributed by atoms with Crippen LogP contribution in [0.3, 0.4) is 0 Å². The number of anilines is 2. The van der Waals surface area contributed by atoms with Crippen LogP contribution < -0.4 is 16.4 Å². The largest absolute Gasteiger partial charge is 0.449 e. The lowest BCUT2D eigenvalue weighted by molar-refractivity contribution is 0.158. The Morgan fingerprint density at radius 1 is 0.844 bits per heavy atom. The molecule has 0 saturated heterocycles. The van der Waals surface area contributed by atoms with E-state index in [4.69, 9.17) is 16.2 Å². The molecular formula is C22H17F4N3O3. The molecule has 0 radical (unpaired) electrons. The van der Waals surface area contributed by atoms with Crippen molar-refractivity contribution < 1.29 is 31.9 Å². The molecule has 0 heterocycles. The average molecular weight is 447 g/mol. The lowest BCUT2D eigenvalue weighted by Crippen LogP contribution is -2.33. The third kappa shape index (κ3) is 4.80. The van der Waals surface area contributed by atoms with Gasteiger partial charge in [0.25, 0.3) is 0 Å². The van der Waals surface area contributed by atoms with Gasteiger partial charge >= 0.3 is 12.1 Å². The summed E-state index contributed by atoms with van der Waals surface area (Å²) in [4.78, 5) is 23.6. The van der Waals surface area contributed by atoms with Crippen molar-refractivity contribution >= 4 is 23.5 Å². The van der Waals surface area contributed by atoms with E-state index >= 15 is 0 Å². The van der Waals surface area contributed by atoms with Crippen LogP contribution in [0.15, 0.2) is 54.6 Å². The maximum atomic E-state index is 14.5. The predicted molar refractivity (Wildman–Crippen MR) is 109 cm³/mol. The van der Waals surface area contributed by atoms with Crippen LogP contribution in [-0.2, 0) is 11.2 Å². The van der Waals surface area contributed by atoms with Gasteiger partial charge in [-0.05, 0) is 47.5 Å². The Morgan fingerprint density at radius 3 is 2.12 bits per heavy atom. The zero-order valence-corrected chi connectivity index (χ0v) is 16.4. The third-order valence-corrected chi connectivity index (χ3v) is 4.57. The maximum Gasteiger partial charge on any atom is 0.404 e. The van der Waals surface area contributed by atoms with Crippen LogP contribution >= 0.6 is 0 Å². The molecule has 0 aliphatic heterocycles. The number of carbonyl (C=O) groups excluding carboxylic acids is 2.